The average molecular weight is 589 g/mol. The third-order valence-electron chi connectivity index (χ3n) is 9.92. The Morgan fingerprint density at radius 3 is 0.935 bits per heavy atom. The number of fused-ring (bicyclic) bond motifs is 6. The van der Waals surface area contributed by atoms with Gasteiger partial charge in [-0.3, -0.25) is 0 Å². The minimum absolute atomic E-state index is 0.347. The van der Waals surface area contributed by atoms with Gasteiger partial charge >= 0.3 is 0 Å². The highest BCUT2D eigenvalue weighted by molar-refractivity contribution is 6.10. The SMILES string of the molecule is CC(c1ccccc1)(c1ccc(-n2c3ccccc3c3ccccc32)cc1)c1ccc(-n2c3ccccc3c3ccccc32)cc1. The zero-order chi connectivity index (χ0) is 30.7. The number of benzene rings is 7. The molecule has 0 atom stereocenters. The maximum atomic E-state index is 2.38. The van der Waals surface area contributed by atoms with Gasteiger partial charge in [-0.25, -0.2) is 0 Å². The highest BCUT2D eigenvalue weighted by Gasteiger charge is 2.31. The maximum absolute atomic E-state index is 2.38. The lowest BCUT2D eigenvalue weighted by Gasteiger charge is -2.32. The van der Waals surface area contributed by atoms with Crippen molar-refractivity contribution in [3.05, 3.63) is 193 Å². The molecular weight excluding hydrogens is 556 g/mol. The molecule has 9 aromatic rings. The molecule has 0 bridgehead atoms. The van der Waals surface area contributed by atoms with Crippen molar-refractivity contribution in [1.82, 2.24) is 9.13 Å². The van der Waals surface area contributed by atoms with E-state index in [9.17, 15) is 0 Å². The van der Waals surface area contributed by atoms with E-state index >= 15 is 0 Å². The Hall–Kier alpha value is -5.86. The first-order chi connectivity index (χ1) is 22.7. The van der Waals surface area contributed by atoms with E-state index in [1.54, 1.807) is 0 Å². The van der Waals surface area contributed by atoms with E-state index < -0.39 is 0 Å². The quantitative estimate of drug-likeness (QED) is 0.177. The summed E-state index contributed by atoms with van der Waals surface area (Å²) in [7, 11) is 0. The van der Waals surface area contributed by atoms with Crippen molar-refractivity contribution in [2.45, 2.75) is 12.3 Å². The molecule has 0 radical (unpaired) electrons. The molecule has 7 aromatic carbocycles. The summed E-state index contributed by atoms with van der Waals surface area (Å²) < 4.78 is 4.77. The van der Waals surface area contributed by atoms with Gasteiger partial charge in [-0.2, -0.15) is 0 Å². The summed E-state index contributed by atoms with van der Waals surface area (Å²) in [5.74, 6) is 0. The summed E-state index contributed by atoms with van der Waals surface area (Å²) >= 11 is 0. The van der Waals surface area contributed by atoms with Crippen molar-refractivity contribution in [2.24, 2.45) is 0 Å². The van der Waals surface area contributed by atoms with E-state index in [0.717, 1.165) is 0 Å². The van der Waals surface area contributed by atoms with Crippen molar-refractivity contribution in [1.29, 1.82) is 0 Å². The highest BCUT2D eigenvalue weighted by Crippen LogP contribution is 2.41. The van der Waals surface area contributed by atoms with Gasteiger partial charge in [0.25, 0.3) is 0 Å². The van der Waals surface area contributed by atoms with Gasteiger partial charge < -0.3 is 9.13 Å². The van der Waals surface area contributed by atoms with Gasteiger partial charge in [-0.1, -0.05) is 127 Å². The van der Waals surface area contributed by atoms with Crippen LogP contribution in [0.4, 0.5) is 0 Å². The van der Waals surface area contributed by atoms with E-state index in [1.807, 2.05) is 0 Å². The van der Waals surface area contributed by atoms with Gasteiger partial charge in [-0.05, 0) is 72.1 Å². The largest absolute Gasteiger partial charge is 0.309 e. The van der Waals surface area contributed by atoms with Crippen LogP contribution in [0, 0.1) is 0 Å². The van der Waals surface area contributed by atoms with E-state index in [4.69, 9.17) is 0 Å². The van der Waals surface area contributed by atoms with Crippen LogP contribution < -0.4 is 0 Å². The Morgan fingerprint density at radius 2 is 0.587 bits per heavy atom. The first kappa shape index (κ1) is 26.5. The normalized spacial score (nSPS) is 12.0. The Kier molecular flexibility index (Phi) is 5.97. The molecule has 0 fully saturated rings. The lowest BCUT2D eigenvalue weighted by atomic mass is 9.71. The van der Waals surface area contributed by atoms with E-state index in [1.165, 1.54) is 71.7 Å². The molecule has 0 aliphatic carbocycles. The smallest absolute Gasteiger partial charge is 0.0541 e. The van der Waals surface area contributed by atoms with Crippen LogP contribution in [0.2, 0.25) is 0 Å². The molecule has 0 aliphatic rings. The maximum Gasteiger partial charge on any atom is 0.0541 e. The van der Waals surface area contributed by atoms with Crippen LogP contribution in [0.25, 0.3) is 55.0 Å². The third-order valence-corrected chi connectivity index (χ3v) is 9.92. The van der Waals surface area contributed by atoms with E-state index in [0.29, 0.717) is 0 Å². The second-order valence-corrected chi connectivity index (χ2v) is 12.3. The fourth-order valence-corrected chi connectivity index (χ4v) is 7.56. The Bertz CT molecular complexity index is 2250. The van der Waals surface area contributed by atoms with Crippen molar-refractivity contribution < 1.29 is 0 Å². The van der Waals surface area contributed by atoms with Crippen molar-refractivity contribution in [3.8, 4) is 11.4 Å². The monoisotopic (exact) mass is 588 g/mol. The molecule has 218 valence electrons. The van der Waals surface area contributed by atoms with Crippen LogP contribution in [-0.2, 0) is 5.41 Å². The predicted molar refractivity (Wildman–Crippen MR) is 194 cm³/mol. The molecule has 9 rings (SSSR count). The van der Waals surface area contributed by atoms with Crippen molar-refractivity contribution in [2.75, 3.05) is 0 Å². The van der Waals surface area contributed by atoms with Gasteiger partial charge in [0.1, 0.15) is 0 Å². The van der Waals surface area contributed by atoms with Crippen molar-refractivity contribution in [3.63, 3.8) is 0 Å². The molecule has 0 amide bonds. The number of nitrogens with zero attached hydrogens (tertiary/aromatic N) is 2. The number of aromatic nitrogens is 2. The molecule has 0 N–H and O–H groups in total. The lowest BCUT2D eigenvalue weighted by Crippen LogP contribution is -2.25. The van der Waals surface area contributed by atoms with Gasteiger partial charge in [0, 0.05) is 38.3 Å². The summed E-state index contributed by atoms with van der Waals surface area (Å²) in [5.41, 5.74) is 10.7. The van der Waals surface area contributed by atoms with Crippen LogP contribution in [0.3, 0.4) is 0 Å². The van der Waals surface area contributed by atoms with E-state index in [2.05, 4.69) is 192 Å². The molecular formula is C44H32N2. The van der Waals surface area contributed by atoms with Crippen LogP contribution in [0.1, 0.15) is 23.6 Å². The topological polar surface area (TPSA) is 9.86 Å². The summed E-state index contributed by atoms with van der Waals surface area (Å²) in [6, 6.07) is 64.0. The van der Waals surface area contributed by atoms with Crippen LogP contribution in [0.15, 0.2) is 176 Å². The number of hydrogen-bond acceptors (Lipinski definition) is 0. The molecule has 0 saturated carbocycles. The predicted octanol–water partition coefficient (Wildman–Crippen LogP) is 11.2. The second-order valence-electron chi connectivity index (χ2n) is 12.3. The van der Waals surface area contributed by atoms with Crippen LogP contribution in [-0.4, -0.2) is 9.13 Å². The molecule has 0 spiro atoms. The standard InChI is InChI=1S/C44H32N2/c1-44(31-13-3-2-4-14-31,32-23-27-34(28-24-32)45-40-19-9-5-15-36(40)37-16-6-10-20-41(37)45)33-25-29-35(30-26-33)46-42-21-11-7-17-38(42)39-18-8-12-22-43(39)46/h2-30H,1H3. The molecule has 2 aromatic heterocycles. The van der Waals surface area contributed by atoms with E-state index in [-0.39, 0.29) is 5.41 Å². The van der Waals surface area contributed by atoms with Gasteiger partial charge in [0.2, 0.25) is 0 Å². The third kappa shape index (κ3) is 3.90. The molecule has 2 nitrogen and oxygen atoms in total. The average Bonchev–Trinajstić information content (AvgIpc) is 3.65. The number of para-hydroxylation sites is 4. The highest BCUT2D eigenvalue weighted by atomic mass is 15.0. The molecule has 0 saturated heterocycles. The molecule has 46 heavy (non-hydrogen) atoms. The minimum Gasteiger partial charge on any atom is -0.309 e. The lowest BCUT2D eigenvalue weighted by molar-refractivity contribution is 0.692. The Morgan fingerprint density at radius 1 is 0.304 bits per heavy atom. The first-order valence-corrected chi connectivity index (χ1v) is 16.0. The van der Waals surface area contributed by atoms with Crippen LogP contribution in [0.5, 0.6) is 0 Å². The van der Waals surface area contributed by atoms with Gasteiger partial charge in [0.15, 0.2) is 0 Å². The van der Waals surface area contributed by atoms with Gasteiger partial charge in [-0.15, -0.1) is 0 Å². The summed E-state index contributed by atoms with van der Waals surface area (Å²) in [5, 5.41) is 5.11. The zero-order valence-corrected chi connectivity index (χ0v) is 25.6. The van der Waals surface area contributed by atoms with Gasteiger partial charge in [0.05, 0.1) is 22.1 Å². The molecule has 2 heteroatoms. The number of rotatable bonds is 5. The molecule has 0 aliphatic heterocycles. The molecule has 2 heterocycles. The summed E-state index contributed by atoms with van der Waals surface area (Å²) in [6.45, 7) is 2.35. The second kappa shape index (κ2) is 10.4. The molecule has 0 unspecified atom stereocenters. The Labute approximate surface area is 268 Å². The summed E-state index contributed by atoms with van der Waals surface area (Å²) in [4.78, 5) is 0. The minimum atomic E-state index is -0.347. The zero-order valence-electron chi connectivity index (χ0n) is 25.6. The first-order valence-electron chi connectivity index (χ1n) is 16.0. The summed E-state index contributed by atoms with van der Waals surface area (Å²) in [6.07, 6.45) is 0. The van der Waals surface area contributed by atoms with Crippen LogP contribution >= 0.6 is 0 Å². The number of hydrogen-bond donors (Lipinski definition) is 0. The fraction of sp³-hybridized carbons (Fsp3) is 0.0455. The fourth-order valence-electron chi connectivity index (χ4n) is 7.56. The van der Waals surface area contributed by atoms with Crippen molar-refractivity contribution >= 4 is 43.6 Å². The Balaban J connectivity index is 1.18.